The number of piperidine rings is 1. The minimum absolute atomic E-state index is 0.261. The van der Waals surface area contributed by atoms with Crippen molar-refractivity contribution in [2.75, 3.05) is 6.54 Å². The van der Waals surface area contributed by atoms with Crippen molar-refractivity contribution >= 4 is 0 Å². The lowest BCUT2D eigenvalue weighted by Crippen LogP contribution is -2.27. The van der Waals surface area contributed by atoms with E-state index in [1.807, 2.05) is 0 Å². The average Bonchev–Trinajstić information content (AvgIpc) is 2.72. The summed E-state index contributed by atoms with van der Waals surface area (Å²) in [4.78, 5) is 4.65. The molecule has 1 unspecified atom stereocenters. The van der Waals surface area contributed by atoms with Crippen LogP contribution < -0.4 is 5.32 Å². The van der Waals surface area contributed by atoms with Gasteiger partial charge in [0.05, 0.1) is 6.04 Å². The lowest BCUT2D eigenvalue weighted by Gasteiger charge is -2.19. The molecule has 1 aliphatic carbocycles. The smallest absolute Gasteiger partial charge is 0.230 e. The van der Waals surface area contributed by atoms with Gasteiger partial charge in [0, 0.05) is 5.92 Å². The van der Waals surface area contributed by atoms with Gasteiger partial charge in [-0.3, -0.25) is 0 Å². The Morgan fingerprint density at radius 3 is 2.44 bits per heavy atom. The molecule has 0 aromatic carbocycles. The third kappa shape index (κ3) is 1.62. The maximum absolute atomic E-state index is 5.51. The zero-order chi connectivity index (χ0) is 13.0. The van der Waals surface area contributed by atoms with Gasteiger partial charge in [0.25, 0.3) is 0 Å². The molecule has 1 aromatic heterocycles. The van der Waals surface area contributed by atoms with Crippen molar-refractivity contribution in [1.29, 1.82) is 0 Å². The predicted octanol–water partition coefficient (Wildman–Crippen LogP) is 3.03. The first kappa shape index (κ1) is 12.2. The fraction of sp³-hybridized carbons (Fsp3) is 0.857. The van der Waals surface area contributed by atoms with E-state index in [9.17, 15) is 0 Å². The summed E-state index contributed by atoms with van der Waals surface area (Å²) in [6, 6.07) is 0.293. The molecule has 1 saturated carbocycles. The number of nitrogens with one attached hydrogen (secondary N) is 1. The van der Waals surface area contributed by atoms with Crippen molar-refractivity contribution in [2.45, 2.75) is 58.9 Å². The maximum atomic E-state index is 5.51. The SMILES string of the molecule is CC1(C)C(c2nc(C3CCCCN3)no2)C1(C)C. The molecule has 1 saturated heterocycles. The Kier molecular flexibility index (Phi) is 2.56. The Morgan fingerprint density at radius 1 is 1.17 bits per heavy atom. The highest BCUT2D eigenvalue weighted by atomic mass is 16.5. The Morgan fingerprint density at radius 2 is 1.89 bits per heavy atom. The van der Waals surface area contributed by atoms with E-state index in [-0.39, 0.29) is 10.8 Å². The minimum Gasteiger partial charge on any atom is -0.339 e. The summed E-state index contributed by atoms with van der Waals surface area (Å²) in [6.07, 6.45) is 3.63. The fourth-order valence-electron chi connectivity index (χ4n) is 3.39. The topological polar surface area (TPSA) is 51.0 Å². The zero-order valence-electron chi connectivity index (χ0n) is 11.8. The van der Waals surface area contributed by atoms with E-state index in [1.54, 1.807) is 0 Å². The second-order valence-corrected chi connectivity index (χ2v) is 6.87. The Hall–Kier alpha value is -0.900. The highest BCUT2D eigenvalue weighted by Gasteiger charge is 2.68. The van der Waals surface area contributed by atoms with E-state index >= 15 is 0 Å². The number of hydrogen-bond acceptors (Lipinski definition) is 4. The van der Waals surface area contributed by atoms with E-state index in [1.165, 1.54) is 12.8 Å². The van der Waals surface area contributed by atoms with Crippen LogP contribution in [0.2, 0.25) is 0 Å². The molecule has 0 radical (unpaired) electrons. The molecule has 2 aliphatic rings. The summed E-state index contributed by atoms with van der Waals surface area (Å²) in [5.74, 6) is 2.07. The van der Waals surface area contributed by atoms with Crippen LogP contribution in [0.5, 0.6) is 0 Å². The maximum Gasteiger partial charge on any atom is 0.230 e. The van der Waals surface area contributed by atoms with E-state index in [0.717, 1.165) is 24.7 Å². The zero-order valence-corrected chi connectivity index (χ0v) is 11.8. The van der Waals surface area contributed by atoms with Gasteiger partial charge in [-0.1, -0.05) is 39.3 Å². The molecule has 1 atom stereocenters. The van der Waals surface area contributed by atoms with E-state index in [2.05, 4.69) is 43.2 Å². The lowest BCUT2D eigenvalue weighted by atomic mass is 10.0. The molecule has 2 fully saturated rings. The second kappa shape index (κ2) is 3.80. The molecular formula is C14H23N3O. The van der Waals surface area contributed by atoms with Gasteiger partial charge in [0.15, 0.2) is 5.82 Å². The first-order chi connectivity index (χ1) is 8.44. The van der Waals surface area contributed by atoms with E-state index < -0.39 is 0 Å². The van der Waals surface area contributed by atoms with Crippen LogP contribution in [-0.2, 0) is 0 Å². The highest BCUT2D eigenvalue weighted by molar-refractivity contribution is 5.25. The first-order valence-electron chi connectivity index (χ1n) is 7.01. The van der Waals surface area contributed by atoms with Crippen LogP contribution in [0.1, 0.15) is 70.6 Å². The summed E-state index contributed by atoms with van der Waals surface area (Å²) >= 11 is 0. The fourth-order valence-corrected chi connectivity index (χ4v) is 3.39. The largest absolute Gasteiger partial charge is 0.339 e. The molecule has 0 amide bonds. The monoisotopic (exact) mass is 249 g/mol. The Balaban J connectivity index is 1.78. The molecule has 100 valence electrons. The van der Waals surface area contributed by atoms with Gasteiger partial charge in [0.1, 0.15) is 0 Å². The number of hydrogen-bond donors (Lipinski definition) is 1. The van der Waals surface area contributed by atoms with Gasteiger partial charge in [-0.25, -0.2) is 0 Å². The third-order valence-electron chi connectivity index (χ3n) is 5.35. The van der Waals surface area contributed by atoms with Crippen LogP contribution in [0.25, 0.3) is 0 Å². The number of nitrogens with zero attached hydrogens (tertiary/aromatic N) is 2. The highest BCUT2D eigenvalue weighted by Crippen LogP contribution is 2.73. The summed E-state index contributed by atoms with van der Waals surface area (Å²) in [5.41, 5.74) is 0.521. The van der Waals surface area contributed by atoms with Crippen LogP contribution in [0.3, 0.4) is 0 Å². The molecule has 18 heavy (non-hydrogen) atoms. The van der Waals surface area contributed by atoms with Crippen LogP contribution in [0, 0.1) is 10.8 Å². The van der Waals surface area contributed by atoms with Gasteiger partial charge in [-0.05, 0) is 30.2 Å². The number of aromatic nitrogens is 2. The van der Waals surface area contributed by atoms with E-state index in [0.29, 0.717) is 12.0 Å². The van der Waals surface area contributed by atoms with Crippen molar-refractivity contribution in [2.24, 2.45) is 10.8 Å². The molecule has 2 heterocycles. The standard InChI is InChI=1S/C14H23N3O/c1-13(2)10(14(13,3)4)12-16-11(17-18-12)9-7-5-6-8-15-9/h9-10,15H,5-8H2,1-4H3. The predicted molar refractivity (Wildman–Crippen MR) is 69.2 cm³/mol. The second-order valence-electron chi connectivity index (χ2n) is 6.87. The molecule has 4 heteroatoms. The quantitative estimate of drug-likeness (QED) is 0.875. The van der Waals surface area contributed by atoms with Gasteiger partial charge >= 0.3 is 0 Å². The summed E-state index contributed by atoms with van der Waals surface area (Å²) in [5, 5.41) is 7.65. The Labute approximate surface area is 109 Å². The molecular weight excluding hydrogens is 226 g/mol. The van der Waals surface area contributed by atoms with Crippen LogP contribution in [0.4, 0.5) is 0 Å². The van der Waals surface area contributed by atoms with Crippen molar-refractivity contribution in [3.8, 4) is 0 Å². The van der Waals surface area contributed by atoms with Gasteiger partial charge in [-0.2, -0.15) is 4.98 Å². The molecule has 0 spiro atoms. The van der Waals surface area contributed by atoms with Gasteiger partial charge in [0.2, 0.25) is 5.89 Å². The van der Waals surface area contributed by atoms with Crippen molar-refractivity contribution in [3.63, 3.8) is 0 Å². The van der Waals surface area contributed by atoms with Crippen molar-refractivity contribution < 1.29 is 4.52 Å². The summed E-state index contributed by atoms with van der Waals surface area (Å²) < 4.78 is 5.51. The van der Waals surface area contributed by atoms with Crippen LogP contribution >= 0.6 is 0 Å². The summed E-state index contributed by atoms with van der Waals surface area (Å²) in [7, 11) is 0. The Bertz CT molecular complexity index is 430. The molecule has 1 aliphatic heterocycles. The minimum atomic E-state index is 0.261. The van der Waals surface area contributed by atoms with Gasteiger partial charge in [-0.15, -0.1) is 0 Å². The van der Waals surface area contributed by atoms with Gasteiger partial charge < -0.3 is 9.84 Å². The van der Waals surface area contributed by atoms with Crippen molar-refractivity contribution in [1.82, 2.24) is 15.5 Å². The normalized spacial score (nSPS) is 30.3. The number of rotatable bonds is 2. The first-order valence-corrected chi connectivity index (χ1v) is 7.01. The van der Waals surface area contributed by atoms with Crippen molar-refractivity contribution in [3.05, 3.63) is 11.7 Å². The molecule has 4 nitrogen and oxygen atoms in total. The van der Waals surface area contributed by atoms with Crippen LogP contribution in [0.15, 0.2) is 4.52 Å². The molecule has 1 N–H and O–H groups in total. The van der Waals surface area contributed by atoms with E-state index in [4.69, 9.17) is 4.52 Å². The third-order valence-corrected chi connectivity index (χ3v) is 5.35. The molecule has 1 aromatic rings. The summed E-state index contributed by atoms with van der Waals surface area (Å²) in [6.45, 7) is 10.2. The average molecular weight is 249 g/mol. The molecule has 0 bridgehead atoms. The molecule has 3 rings (SSSR count). The lowest BCUT2D eigenvalue weighted by molar-refractivity contribution is 0.342. The van der Waals surface area contributed by atoms with Crippen LogP contribution in [-0.4, -0.2) is 16.7 Å².